The second kappa shape index (κ2) is 7.09. The molecular weight excluding hydrogens is 312 g/mol. The molecule has 2 aromatic rings. The average Bonchev–Trinajstić information content (AvgIpc) is 3.38. The van der Waals surface area contributed by atoms with Crippen LogP contribution >= 0.6 is 0 Å². The first-order chi connectivity index (χ1) is 12.0. The number of nitrogens with one attached hydrogen (secondary N) is 2. The van der Waals surface area contributed by atoms with Crippen molar-refractivity contribution in [1.29, 1.82) is 0 Å². The Morgan fingerprint density at radius 2 is 1.52 bits per heavy atom. The third kappa shape index (κ3) is 4.08. The molecule has 2 atom stereocenters. The monoisotopic (exact) mass is 336 g/mol. The van der Waals surface area contributed by atoms with Crippen molar-refractivity contribution in [3.63, 3.8) is 0 Å². The van der Waals surface area contributed by atoms with Gasteiger partial charge in [-0.2, -0.15) is 0 Å². The number of aryl methyl sites for hydroxylation is 3. The van der Waals surface area contributed by atoms with E-state index in [0.717, 1.165) is 22.4 Å². The van der Waals surface area contributed by atoms with E-state index in [9.17, 15) is 9.59 Å². The smallest absolute Gasteiger partial charge is 0.228 e. The van der Waals surface area contributed by atoms with E-state index in [1.165, 1.54) is 5.56 Å². The van der Waals surface area contributed by atoms with Crippen molar-refractivity contribution in [2.24, 2.45) is 11.8 Å². The number of hydrogen-bond donors (Lipinski definition) is 2. The minimum atomic E-state index is -0.225. The zero-order valence-electron chi connectivity index (χ0n) is 14.9. The third-order valence-electron chi connectivity index (χ3n) is 4.78. The van der Waals surface area contributed by atoms with Gasteiger partial charge in [-0.3, -0.25) is 9.59 Å². The molecule has 3 rings (SSSR count). The molecule has 130 valence electrons. The summed E-state index contributed by atoms with van der Waals surface area (Å²) in [5.41, 5.74) is 5.19. The molecule has 0 heterocycles. The second-order valence-electron chi connectivity index (χ2n) is 6.91. The molecule has 0 radical (unpaired) electrons. The summed E-state index contributed by atoms with van der Waals surface area (Å²) in [6, 6.07) is 14.0. The van der Waals surface area contributed by atoms with E-state index in [4.69, 9.17) is 0 Å². The first-order valence-electron chi connectivity index (χ1n) is 8.66. The van der Waals surface area contributed by atoms with Crippen molar-refractivity contribution >= 4 is 17.5 Å². The van der Waals surface area contributed by atoms with Gasteiger partial charge in [-0.15, -0.1) is 0 Å². The highest BCUT2D eigenvalue weighted by atomic mass is 16.2. The summed E-state index contributed by atoms with van der Waals surface area (Å²) >= 11 is 0. The molecule has 25 heavy (non-hydrogen) atoms. The standard InChI is InChI=1S/C21H24N2O2/c1-13-7-9-16(10-8-13)12-22-20(24)17-11-18(17)21(25)23-19-14(2)5-4-6-15(19)3/h4-10,17-18H,11-12H2,1-3H3,(H,22,24)(H,23,25). The van der Waals surface area contributed by atoms with Crippen molar-refractivity contribution in [2.75, 3.05) is 5.32 Å². The van der Waals surface area contributed by atoms with Gasteiger partial charge in [-0.05, 0) is 43.9 Å². The molecule has 0 bridgehead atoms. The minimum absolute atomic E-state index is 0.0396. The number of benzene rings is 2. The number of rotatable bonds is 5. The Morgan fingerprint density at radius 3 is 2.16 bits per heavy atom. The van der Waals surface area contributed by atoms with Gasteiger partial charge in [0, 0.05) is 12.2 Å². The van der Waals surface area contributed by atoms with E-state index < -0.39 is 0 Å². The molecule has 1 aliphatic carbocycles. The van der Waals surface area contributed by atoms with Crippen LogP contribution in [0.1, 0.15) is 28.7 Å². The number of para-hydroxylation sites is 1. The quantitative estimate of drug-likeness (QED) is 0.878. The lowest BCUT2D eigenvalue weighted by molar-refractivity contribution is -0.125. The summed E-state index contributed by atoms with van der Waals surface area (Å²) in [5, 5.41) is 5.92. The zero-order chi connectivity index (χ0) is 18.0. The maximum Gasteiger partial charge on any atom is 0.228 e. The van der Waals surface area contributed by atoms with E-state index in [-0.39, 0.29) is 23.7 Å². The van der Waals surface area contributed by atoms with E-state index in [0.29, 0.717) is 13.0 Å². The molecule has 4 nitrogen and oxygen atoms in total. The average molecular weight is 336 g/mol. The summed E-state index contributed by atoms with van der Waals surface area (Å²) < 4.78 is 0. The predicted molar refractivity (Wildman–Crippen MR) is 99.2 cm³/mol. The van der Waals surface area contributed by atoms with Crippen LogP contribution in [0.5, 0.6) is 0 Å². The van der Waals surface area contributed by atoms with Crippen molar-refractivity contribution in [1.82, 2.24) is 5.32 Å². The highest BCUT2D eigenvalue weighted by Crippen LogP contribution is 2.40. The van der Waals surface area contributed by atoms with Gasteiger partial charge < -0.3 is 10.6 Å². The van der Waals surface area contributed by atoms with Crippen LogP contribution in [0.3, 0.4) is 0 Å². The van der Waals surface area contributed by atoms with Crippen LogP contribution in [0.4, 0.5) is 5.69 Å². The van der Waals surface area contributed by atoms with Crippen molar-refractivity contribution in [3.05, 3.63) is 64.7 Å². The Kier molecular flexibility index (Phi) is 4.88. The molecule has 0 aromatic heterocycles. The number of carbonyl (C=O) groups excluding carboxylic acids is 2. The van der Waals surface area contributed by atoms with Gasteiger partial charge in [-0.1, -0.05) is 48.0 Å². The molecule has 4 heteroatoms. The van der Waals surface area contributed by atoms with Crippen LogP contribution in [0, 0.1) is 32.6 Å². The van der Waals surface area contributed by atoms with E-state index in [1.54, 1.807) is 0 Å². The molecule has 2 aromatic carbocycles. The predicted octanol–water partition coefficient (Wildman–Crippen LogP) is 3.50. The molecule has 0 aliphatic heterocycles. The Morgan fingerprint density at radius 1 is 0.920 bits per heavy atom. The highest BCUT2D eigenvalue weighted by Gasteiger charge is 2.48. The topological polar surface area (TPSA) is 58.2 Å². The number of amides is 2. The van der Waals surface area contributed by atoms with Gasteiger partial charge in [0.25, 0.3) is 0 Å². The van der Waals surface area contributed by atoms with Gasteiger partial charge in [0.2, 0.25) is 11.8 Å². The fourth-order valence-electron chi connectivity index (χ4n) is 3.03. The van der Waals surface area contributed by atoms with Gasteiger partial charge >= 0.3 is 0 Å². The van der Waals surface area contributed by atoms with E-state index in [2.05, 4.69) is 10.6 Å². The van der Waals surface area contributed by atoms with Gasteiger partial charge in [0.1, 0.15) is 0 Å². The summed E-state index contributed by atoms with van der Waals surface area (Å²) in [6.45, 7) is 6.48. The molecule has 0 saturated heterocycles. The maximum atomic E-state index is 12.4. The van der Waals surface area contributed by atoms with Crippen molar-refractivity contribution in [3.8, 4) is 0 Å². The van der Waals surface area contributed by atoms with Crippen LogP contribution in [-0.2, 0) is 16.1 Å². The summed E-state index contributed by atoms with van der Waals surface area (Å²) in [4.78, 5) is 24.7. The number of carbonyl (C=O) groups is 2. The maximum absolute atomic E-state index is 12.4. The molecule has 1 saturated carbocycles. The number of anilines is 1. The molecule has 2 unspecified atom stereocenters. The van der Waals surface area contributed by atoms with Crippen molar-refractivity contribution in [2.45, 2.75) is 33.7 Å². The number of hydrogen-bond acceptors (Lipinski definition) is 2. The van der Waals surface area contributed by atoms with Crippen LogP contribution < -0.4 is 10.6 Å². The normalized spacial score (nSPS) is 18.5. The van der Waals surface area contributed by atoms with Gasteiger partial charge in [0.05, 0.1) is 11.8 Å². The van der Waals surface area contributed by atoms with Crippen LogP contribution in [0.2, 0.25) is 0 Å². The molecule has 1 fully saturated rings. The van der Waals surface area contributed by atoms with Crippen LogP contribution in [-0.4, -0.2) is 11.8 Å². The molecule has 2 amide bonds. The lowest BCUT2D eigenvalue weighted by Crippen LogP contribution is -2.27. The van der Waals surface area contributed by atoms with Crippen LogP contribution in [0.25, 0.3) is 0 Å². The van der Waals surface area contributed by atoms with Crippen molar-refractivity contribution < 1.29 is 9.59 Å². The summed E-state index contributed by atoms with van der Waals surface area (Å²) in [5.74, 6) is -0.540. The van der Waals surface area contributed by atoms with Gasteiger partial charge in [0.15, 0.2) is 0 Å². The Labute approximate surface area is 148 Å². The molecule has 0 spiro atoms. The molecule has 1 aliphatic rings. The Hall–Kier alpha value is -2.62. The molecule has 2 N–H and O–H groups in total. The lowest BCUT2D eigenvalue weighted by Gasteiger charge is -2.11. The minimum Gasteiger partial charge on any atom is -0.352 e. The Balaban J connectivity index is 1.52. The zero-order valence-corrected chi connectivity index (χ0v) is 14.9. The summed E-state index contributed by atoms with van der Waals surface area (Å²) in [6.07, 6.45) is 0.622. The first kappa shape index (κ1) is 17.2. The largest absolute Gasteiger partial charge is 0.352 e. The fraction of sp³-hybridized carbons (Fsp3) is 0.333. The Bertz CT molecular complexity index is 776. The lowest BCUT2D eigenvalue weighted by atomic mass is 10.1. The molecular formula is C21H24N2O2. The highest BCUT2D eigenvalue weighted by molar-refractivity contribution is 6.00. The summed E-state index contributed by atoms with van der Waals surface area (Å²) in [7, 11) is 0. The first-order valence-corrected chi connectivity index (χ1v) is 8.66. The van der Waals surface area contributed by atoms with Crippen LogP contribution in [0.15, 0.2) is 42.5 Å². The SMILES string of the molecule is Cc1ccc(CNC(=O)C2CC2C(=O)Nc2c(C)cccc2C)cc1. The third-order valence-corrected chi connectivity index (χ3v) is 4.78. The fourth-order valence-corrected chi connectivity index (χ4v) is 3.03. The van der Waals surface area contributed by atoms with Gasteiger partial charge in [-0.25, -0.2) is 0 Å². The van der Waals surface area contributed by atoms with E-state index in [1.807, 2.05) is 63.2 Å². The second-order valence-corrected chi connectivity index (χ2v) is 6.91. The van der Waals surface area contributed by atoms with E-state index >= 15 is 0 Å².